The summed E-state index contributed by atoms with van der Waals surface area (Å²) in [6, 6.07) is 12.2. The van der Waals surface area contributed by atoms with Crippen LogP contribution in [-0.2, 0) is 16.0 Å². The van der Waals surface area contributed by atoms with Crippen molar-refractivity contribution >= 4 is 34.8 Å². The number of hydrogen-bond acceptors (Lipinski definition) is 3. The molecule has 0 aromatic heterocycles. The molecule has 1 fully saturated rings. The lowest BCUT2D eigenvalue weighted by atomic mass is 9.80. The lowest BCUT2D eigenvalue weighted by Crippen LogP contribution is -2.39. The molecule has 0 saturated carbocycles. The number of aryl methyl sites for hydroxylation is 1. The van der Waals surface area contributed by atoms with E-state index in [0.29, 0.717) is 16.9 Å². The van der Waals surface area contributed by atoms with Gasteiger partial charge in [-0.05, 0) is 91.6 Å². The fourth-order valence-electron chi connectivity index (χ4n) is 5.93. The third kappa shape index (κ3) is 3.93. The Morgan fingerprint density at radius 1 is 1.09 bits per heavy atom. The highest BCUT2D eigenvalue weighted by Crippen LogP contribution is 2.45. The van der Waals surface area contributed by atoms with Gasteiger partial charge in [0.1, 0.15) is 0 Å². The maximum atomic E-state index is 13.0. The molecule has 3 aliphatic rings. The summed E-state index contributed by atoms with van der Waals surface area (Å²) in [5.74, 6) is 1.03. The van der Waals surface area contributed by atoms with Gasteiger partial charge in [0.25, 0.3) is 0 Å². The van der Waals surface area contributed by atoms with Crippen LogP contribution in [0.15, 0.2) is 36.4 Å². The average molecular weight is 452 g/mol. The average Bonchev–Trinajstić information content (AvgIpc) is 3.27. The van der Waals surface area contributed by atoms with Crippen molar-refractivity contribution in [2.45, 2.75) is 44.4 Å². The first-order valence-electron chi connectivity index (χ1n) is 11.6. The molecule has 1 N–H and O–H groups in total. The van der Waals surface area contributed by atoms with Gasteiger partial charge in [0.2, 0.25) is 11.8 Å². The van der Waals surface area contributed by atoms with Gasteiger partial charge in [0.05, 0.1) is 5.92 Å². The molecule has 2 amide bonds. The first-order valence-corrected chi connectivity index (χ1v) is 12.0. The van der Waals surface area contributed by atoms with Gasteiger partial charge in [-0.25, -0.2) is 0 Å². The summed E-state index contributed by atoms with van der Waals surface area (Å²) >= 11 is 6.18. The van der Waals surface area contributed by atoms with Gasteiger partial charge < -0.3 is 15.1 Å². The van der Waals surface area contributed by atoms with Crippen molar-refractivity contribution in [1.82, 2.24) is 4.90 Å². The van der Waals surface area contributed by atoms with E-state index < -0.39 is 0 Å². The van der Waals surface area contributed by atoms with Crippen LogP contribution in [0.25, 0.3) is 0 Å². The molecule has 2 atom stereocenters. The zero-order valence-electron chi connectivity index (χ0n) is 18.7. The van der Waals surface area contributed by atoms with Gasteiger partial charge >= 0.3 is 0 Å². The Bertz CT molecular complexity index is 1060. The standard InChI is InChI=1S/C26H30ClN3O2/c1-16(31)28-21-7-5-17-3-4-19(23(17)14-21)15-30-11-9-18(10-12-30)25-22-8-6-20(27)13-24(22)29(2)26(25)32/h5-8,13-14,18-19,25H,3-4,9-12,15H2,1-2H3,(H,28,31). The number of nitrogens with zero attached hydrogens (tertiary/aromatic N) is 2. The molecule has 2 aromatic carbocycles. The van der Waals surface area contributed by atoms with E-state index in [1.54, 1.807) is 11.8 Å². The van der Waals surface area contributed by atoms with Gasteiger partial charge in [-0.1, -0.05) is 23.7 Å². The van der Waals surface area contributed by atoms with E-state index >= 15 is 0 Å². The number of anilines is 2. The maximum Gasteiger partial charge on any atom is 0.234 e. The second-order valence-electron chi connectivity index (χ2n) is 9.55. The first kappa shape index (κ1) is 21.5. The Morgan fingerprint density at radius 2 is 1.88 bits per heavy atom. The molecule has 0 bridgehead atoms. The predicted molar refractivity (Wildman–Crippen MR) is 129 cm³/mol. The highest BCUT2D eigenvalue weighted by atomic mass is 35.5. The number of amides is 2. The number of benzene rings is 2. The normalized spacial score (nSPS) is 23.3. The van der Waals surface area contributed by atoms with Crippen molar-refractivity contribution in [1.29, 1.82) is 0 Å². The molecule has 5 rings (SSSR count). The van der Waals surface area contributed by atoms with E-state index in [2.05, 4.69) is 22.3 Å². The molecular weight excluding hydrogens is 422 g/mol. The van der Waals surface area contributed by atoms with Gasteiger partial charge in [0, 0.05) is 36.9 Å². The van der Waals surface area contributed by atoms with Crippen LogP contribution < -0.4 is 10.2 Å². The number of nitrogens with one attached hydrogen (secondary N) is 1. The zero-order chi connectivity index (χ0) is 22.4. The number of piperidine rings is 1. The summed E-state index contributed by atoms with van der Waals surface area (Å²) in [6.07, 6.45) is 4.35. The van der Waals surface area contributed by atoms with Crippen molar-refractivity contribution < 1.29 is 9.59 Å². The highest BCUT2D eigenvalue weighted by Gasteiger charge is 2.41. The molecule has 6 heteroatoms. The fraction of sp³-hybridized carbons (Fsp3) is 0.462. The summed E-state index contributed by atoms with van der Waals surface area (Å²) < 4.78 is 0. The minimum atomic E-state index is -0.0400. The molecular formula is C26H30ClN3O2. The number of hydrogen-bond donors (Lipinski definition) is 1. The lowest BCUT2D eigenvalue weighted by molar-refractivity contribution is -0.120. The molecule has 168 valence electrons. The van der Waals surface area contributed by atoms with Crippen LogP contribution in [-0.4, -0.2) is 43.4 Å². The number of halogens is 1. The van der Waals surface area contributed by atoms with E-state index in [9.17, 15) is 9.59 Å². The SMILES string of the molecule is CC(=O)Nc1ccc2c(c1)C(CN1CCC(C3C(=O)N(C)c4cc(Cl)ccc43)CC1)CC2. The number of likely N-dealkylation sites (tertiary alicyclic amines) is 1. The molecule has 2 heterocycles. The van der Waals surface area contributed by atoms with E-state index in [-0.39, 0.29) is 17.7 Å². The van der Waals surface area contributed by atoms with E-state index in [1.165, 1.54) is 17.5 Å². The van der Waals surface area contributed by atoms with Gasteiger partial charge in [-0.15, -0.1) is 0 Å². The third-order valence-electron chi connectivity index (χ3n) is 7.54. The molecule has 5 nitrogen and oxygen atoms in total. The molecule has 1 aliphatic carbocycles. The smallest absolute Gasteiger partial charge is 0.234 e. The van der Waals surface area contributed by atoms with Crippen LogP contribution in [0.2, 0.25) is 5.02 Å². The molecule has 2 aromatic rings. The van der Waals surface area contributed by atoms with Crippen molar-refractivity contribution in [3.63, 3.8) is 0 Å². The maximum absolute atomic E-state index is 13.0. The summed E-state index contributed by atoms with van der Waals surface area (Å²) in [5, 5.41) is 3.60. The summed E-state index contributed by atoms with van der Waals surface area (Å²) in [7, 11) is 1.86. The zero-order valence-corrected chi connectivity index (χ0v) is 19.5. The van der Waals surface area contributed by atoms with E-state index in [0.717, 1.165) is 55.8 Å². The number of carbonyl (C=O) groups is 2. The molecule has 1 saturated heterocycles. The van der Waals surface area contributed by atoms with Gasteiger partial charge in [0.15, 0.2) is 0 Å². The van der Waals surface area contributed by atoms with Crippen LogP contribution >= 0.6 is 11.6 Å². The third-order valence-corrected chi connectivity index (χ3v) is 7.77. The van der Waals surface area contributed by atoms with Crippen molar-refractivity contribution in [3.05, 3.63) is 58.1 Å². The predicted octanol–water partition coefficient (Wildman–Crippen LogP) is 4.80. The van der Waals surface area contributed by atoms with Gasteiger partial charge in [-0.2, -0.15) is 0 Å². The van der Waals surface area contributed by atoms with Crippen LogP contribution in [0, 0.1) is 5.92 Å². The number of fused-ring (bicyclic) bond motifs is 2. The van der Waals surface area contributed by atoms with Crippen LogP contribution in [0.3, 0.4) is 0 Å². The van der Waals surface area contributed by atoms with Crippen LogP contribution in [0.5, 0.6) is 0 Å². The van der Waals surface area contributed by atoms with Crippen molar-refractivity contribution in [3.8, 4) is 0 Å². The fourth-order valence-corrected chi connectivity index (χ4v) is 6.09. The Morgan fingerprint density at radius 3 is 2.62 bits per heavy atom. The van der Waals surface area contributed by atoms with Crippen LogP contribution in [0.4, 0.5) is 11.4 Å². The number of likely N-dealkylation sites (N-methyl/N-ethyl adjacent to an activating group) is 1. The molecule has 0 spiro atoms. The molecule has 2 aliphatic heterocycles. The monoisotopic (exact) mass is 451 g/mol. The topological polar surface area (TPSA) is 52.7 Å². The largest absolute Gasteiger partial charge is 0.326 e. The van der Waals surface area contributed by atoms with E-state index in [1.807, 2.05) is 31.3 Å². The van der Waals surface area contributed by atoms with Gasteiger partial charge in [-0.3, -0.25) is 9.59 Å². The Labute approximate surface area is 194 Å². The minimum absolute atomic E-state index is 0.0301. The Hall–Kier alpha value is -2.37. The highest BCUT2D eigenvalue weighted by molar-refractivity contribution is 6.31. The van der Waals surface area contributed by atoms with E-state index in [4.69, 9.17) is 11.6 Å². The van der Waals surface area contributed by atoms with Crippen LogP contribution in [0.1, 0.15) is 54.7 Å². The number of rotatable bonds is 4. The molecule has 32 heavy (non-hydrogen) atoms. The van der Waals surface area contributed by atoms with Crippen molar-refractivity contribution in [2.75, 3.05) is 36.9 Å². The minimum Gasteiger partial charge on any atom is -0.326 e. The Balaban J connectivity index is 1.24. The molecule has 0 radical (unpaired) electrons. The quantitative estimate of drug-likeness (QED) is 0.726. The second-order valence-corrected chi connectivity index (χ2v) is 9.98. The number of carbonyl (C=O) groups excluding carboxylic acids is 2. The Kier molecular flexibility index (Phi) is 5.72. The first-order chi connectivity index (χ1) is 15.4. The summed E-state index contributed by atoms with van der Waals surface area (Å²) in [6.45, 7) is 4.65. The summed E-state index contributed by atoms with van der Waals surface area (Å²) in [4.78, 5) is 28.8. The summed E-state index contributed by atoms with van der Waals surface area (Å²) in [5.41, 5.74) is 5.79. The lowest BCUT2D eigenvalue weighted by Gasteiger charge is -2.35. The molecule has 2 unspecified atom stereocenters. The second kappa shape index (κ2) is 8.53. The van der Waals surface area contributed by atoms with Crippen molar-refractivity contribution in [2.24, 2.45) is 5.92 Å².